The molecule has 0 fully saturated rings. The van der Waals surface area contributed by atoms with Crippen LogP contribution < -0.4 is 9.47 Å². The maximum Gasteiger partial charge on any atom is 0.162 e. The Hall–Kier alpha value is -2.56. The SMILES string of the molecule is CCc1nccn1-c1nccc2cc3c(cc12)OCCO3. The lowest BCUT2D eigenvalue weighted by Crippen LogP contribution is -2.15. The standard InChI is InChI=1S/C16H15N3O2/c1-2-15-17-5-6-19(15)16-12-10-14-13(20-7-8-21-14)9-11(12)3-4-18-16/h3-6,9-10H,2,7-8H2,1H3. The molecule has 4 rings (SSSR count). The normalized spacial score (nSPS) is 13.6. The van der Waals surface area contributed by atoms with Crippen molar-refractivity contribution in [2.24, 2.45) is 0 Å². The monoisotopic (exact) mass is 281 g/mol. The van der Waals surface area contributed by atoms with E-state index in [4.69, 9.17) is 9.47 Å². The summed E-state index contributed by atoms with van der Waals surface area (Å²) in [5.41, 5.74) is 0. The van der Waals surface area contributed by atoms with Crippen molar-refractivity contribution >= 4 is 10.8 Å². The summed E-state index contributed by atoms with van der Waals surface area (Å²) >= 11 is 0. The van der Waals surface area contributed by atoms with Gasteiger partial charge in [0, 0.05) is 30.4 Å². The number of nitrogens with zero attached hydrogens (tertiary/aromatic N) is 3. The van der Waals surface area contributed by atoms with Crippen molar-refractivity contribution in [3.63, 3.8) is 0 Å². The molecule has 0 saturated heterocycles. The van der Waals surface area contributed by atoms with Crippen LogP contribution in [0.5, 0.6) is 11.5 Å². The molecule has 5 heteroatoms. The van der Waals surface area contributed by atoms with Gasteiger partial charge in [-0.2, -0.15) is 0 Å². The van der Waals surface area contributed by atoms with Crippen LogP contribution in [-0.2, 0) is 6.42 Å². The van der Waals surface area contributed by atoms with Crippen molar-refractivity contribution in [2.45, 2.75) is 13.3 Å². The van der Waals surface area contributed by atoms with Crippen LogP contribution >= 0.6 is 0 Å². The topological polar surface area (TPSA) is 49.2 Å². The van der Waals surface area contributed by atoms with Gasteiger partial charge in [-0.3, -0.25) is 4.57 Å². The number of fused-ring (bicyclic) bond motifs is 2. The van der Waals surface area contributed by atoms with Gasteiger partial charge in [-0.25, -0.2) is 9.97 Å². The lowest BCUT2D eigenvalue weighted by molar-refractivity contribution is 0.172. The number of hydrogen-bond acceptors (Lipinski definition) is 4. The molecule has 0 N–H and O–H groups in total. The van der Waals surface area contributed by atoms with Crippen LogP contribution in [-0.4, -0.2) is 27.7 Å². The van der Waals surface area contributed by atoms with Gasteiger partial charge in [-0.05, 0) is 23.6 Å². The third kappa shape index (κ3) is 1.93. The average molecular weight is 281 g/mol. The molecule has 0 unspecified atom stereocenters. The van der Waals surface area contributed by atoms with Crippen molar-refractivity contribution in [1.29, 1.82) is 0 Å². The van der Waals surface area contributed by atoms with Gasteiger partial charge in [0.1, 0.15) is 24.9 Å². The zero-order valence-corrected chi connectivity index (χ0v) is 11.7. The van der Waals surface area contributed by atoms with E-state index in [2.05, 4.69) is 16.9 Å². The number of ether oxygens (including phenoxy) is 2. The van der Waals surface area contributed by atoms with E-state index in [-0.39, 0.29) is 0 Å². The van der Waals surface area contributed by atoms with Gasteiger partial charge in [-0.1, -0.05) is 6.92 Å². The van der Waals surface area contributed by atoms with Gasteiger partial charge in [0.25, 0.3) is 0 Å². The summed E-state index contributed by atoms with van der Waals surface area (Å²) in [6.07, 6.45) is 6.41. The van der Waals surface area contributed by atoms with Crippen LogP contribution in [0, 0.1) is 0 Å². The Morgan fingerprint density at radius 2 is 1.90 bits per heavy atom. The molecule has 0 aliphatic carbocycles. The van der Waals surface area contributed by atoms with Crippen LogP contribution in [0.2, 0.25) is 0 Å². The maximum absolute atomic E-state index is 5.68. The predicted molar refractivity (Wildman–Crippen MR) is 79.2 cm³/mol. The van der Waals surface area contributed by atoms with Crippen LogP contribution in [0.15, 0.2) is 36.8 Å². The molecule has 0 amide bonds. The van der Waals surface area contributed by atoms with Crippen molar-refractivity contribution in [3.8, 4) is 17.3 Å². The Balaban J connectivity index is 1.97. The number of aryl methyl sites for hydroxylation is 1. The largest absolute Gasteiger partial charge is 0.486 e. The lowest BCUT2D eigenvalue weighted by Gasteiger charge is -2.19. The molecule has 0 atom stereocenters. The summed E-state index contributed by atoms with van der Waals surface area (Å²) in [5, 5.41) is 2.12. The minimum absolute atomic E-state index is 0.583. The van der Waals surface area contributed by atoms with Gasteiger partial charge in [0.15, 0.2) is 11.5 Å². The zero-order valence-electron chi connectivity index (χ0n) is 11.7. The van der Waals surface area contributed by atoms with Crippen molar-refractivity contribution < 1.29 is 9.47 Å². The summed E-state index contributed by atoms with van der Waals surface area (Å²) in [7, 11) is 0. The predicted octanol–water partition coefficient (Wildman–Crippen LogP) is 2.75. The highest BCUT2D eigenvalue weighted by Gasteiger charge is 2.16. The third-order valence-corrected chi connectivity index (χ3v) is 3.67. The van der Waals surface area contributed by atoms with E-state index >= 15 is 0 Å². The molecule has 21 heavy (non-hydrogen) atoms. The fourth-order valence-corrected chi connectivity index (χ4v) is 2.67. The first-order valence-corrected chi connectivity index (χ1v) is 7.08. The molecule has 0 spiro atoms. The van der Waals surface area contributed by atoms with Gasteiger partial charge in [0.2, 0.25) is 0 Å². The van der Waals surface area contributed by atoms with Crippen molar-refractivity contribution in [1.82, 2.24) is 14.5 Å². The molecule has 5 nitrogen and oxygen atoms in total. The van der Waals surface area contributed by atoms with Crippen LogP contribution in [0.4, 0.5) is 0 Å². The molecule has 106 valence electrons. The minimum atomic E-state index is 0.583. The van der Waals surface area contributed by atoms with Crippen LogP contribution in [0.25, 0.3) is 16.6 Å². The molecular formula is C16H15N3O2. The first-order chi connectivity index (χ1) is 10.4. The molecule has 3 heterocycles. The van der Waals surface area contributed by atoms with Crippen LogP contribution in [0.1, 0.15) is 12.7 Å². The number of aromatic nitrogens is 3. The Bertz CT molecular complexity index is 810. The number of imidazole rings is 1. The number of benzene rings is 1. The van der Waals surface area contributed by atoms with E-state index in [9.17, 15) is 0 Å². The van der Waals surface area contributed by atoms with E-state index in [1.807, 2.05) is 35.2 Å². The summed E-state index contributed by atoms with van der Waals surface area (Å²) in [5.74, 6) is 3.44. The van der Waals surface area contributed by atoms with Crippen molar-refractivity contribution in [2.75, 3.05) is 13.2 Å². The molecule has 0 radical (unpaired) electrons. The van der Waals surface area contributed by atoms with E-state index in [0.29, 0.717) is 13.2 Å². The summed E-state index contributed by atoms with van der Waals surface area (Å²) in [6, 6.07) is 6.00. The van der Waals surface area contributed by atoms with Crippen LogP contribution in [0.3, 0.4) is 0 Å². The smallest absolute Gasteiger partial charge is 0.162 e. The Kier molecular flexibility index (Phi) is 2.77. The first-order valence-electron chi connectivity index (χ1n) is 7.08. The van der Waals surface area contributed by atoms with Gasteiger partial charge < -0.3 is 9.47 Å². The quantitative estimate of drug-likeness (QED) is 0.724. The highest BCUT2D eigenvalue weighted by Crippen LogP contribution is 2.36. The fourth-order valence-electron chi connectivity index (χ4n) is 2.67. The Morgan fingerprint density at radius 1 is 1.10 bits per heavy atom. The Labute approximate surface area is 122 Å². The molecule has 1 aliphatic rings. The maximum atomic E-state index is 5.68. The lowest BCUT2D eigenvalue weighted by atomic mass is 10.1. The van der Waals surface area contributed by atoms with Crippen molar-refractivity contribution in [3.05, 3.63) is 42.6 Å². The van der Waals surface area contributed by atoms with E-state index < -0.39 is 0 Å². The molecule has 3 aromatic rings. The number of pyridine rings is 1. The Morgan fingerprint density at radius 3 is 2.71 bits per heavy atom. The summed E-state index contributed by atoms with van der Waals surface area (Å²) < 4.78 is 13.4. The second kappa shape index (κ2) is 4.77. The molecule has 0 saturated carbocycles. The van der Waals surface area contributed by atoms with E-state index in [1.54, 1.807) is 6.20 Å². The molecule has 2 aromatic heterocycles. The molecule has 1 aromatic carbocycles. The fraction of sp³-hybridized carbons (Fsp3) is 0.250. The highest BCUT2D eigenvalue weighted by molar-refractivity contribution is 5.91. The van der Waals surface area contributed by atoms with Gasteiger partial charge >= 0.3 is 0 Å². The third-order valence-electron chi connectivity index (χ3n) is 3.67. The molecule has 1 aliphatic heterocycles. The minimum Gasteiger partial charge on any atom is -0.486 e. The summed E-state index contributed by atoms with van der Waals surface area (Å²) in [6.45, 7) is 3.26. The van der Waals surface area contributed by atoms with Gasteiger partial charge in [-0.15, -0.1) is 0 Å². The average Bonchev–Trinajstić information content (AvgIpc) is 3.00. The number of hydrogen-bond donors (Lipinski definition) is 0. The number of rotatable bonds is 2. The van der Waals surface area contributed by atoms with Gasteiger partial charge in [0.05, 0.1) is 0 Å². The van der Waals surface area contributed by atoms with E-state index in [0.717, 1.165) is 40.3 Å². The first kappa shape index (κ1) is 12.2. The summed E-state index contributed by atoms with van der Waals surface area (Å²) in [4.78, 5) is 8.91. The second-order valence-corrected chi connectivity index (χ2v) is 4.92. The molecular weight excluding hydrogens is 266 g/mol. The van der Waals surface area contributed by atoms with E-state index in [1.165, 1.54) is 0 Å². The molecule has 0 bridgehead atoms. The second-order valence-electron chi connectivity index (χ2n) is 4.92. The zero-order chi connectivity index (χ0) is 14.2. The highest BCUT2D eigenvalue weighted by atomic mass is 16.6.